The molecule has 0 aromatic carbocycles. The highest BCUT2D eigenvalue weighted by Crippen LogP contribution is 2.52. The lowest BCUT2D eigenvalue weighted by atomic mass is 9.63. The molecule has 3 aliphatic carbocycles. The van der Waals surface area contributed by atoms with Gasteiger partial charge in [0, 0.05) is 0 Å². The van der Waals surface area contributed by atoms with E-state index < -0.39 is 0 Å². The molecule has 73 valence electrons. The highest BCUT2D eigenvalue weighted by Gasteiger charge is 2.41. The van der Waals surface area contributed by atoms with Crippen LogP contribution in [0.3, 0.4) is 0 Å². The van der Waals surface area contributed by atoms with E-state index in [1.807, 2.05) is 0 Å². The largest absolute Gasteiger partial charge is 0.0502 e. The van der Waals surface area contributed by atoms with Crippen molar-refractivity contribution in [1.29, 1.82) is 0 Å². The monoisotopic (exact) mass is 177 g/mol. The van der Waals surface area contributed by atoms with Crippen LogP contribution < -0.4 is 0 Å². The molecule has 1 radical (unpaired) electrons. The summed E-state index contributed by atoms with van der Waals surface area (Å²) >= 11 is 0. The zero-order valence-electron chi connectivity index (χ0n) is 8.54. The first-order valence-corrected chi connectivity index (χ1v) is 6.16. The summed E-state index contributed by atoms with van der Waals surface area (Å²) in [7, 11) is 0. The van der Waals surface area contributed by atoms with E-state index in [0.717, 1.165) is 29.6 Å². The molecule has 0 amide bonds. The summed E-state index contributed by atoms with van der Waals surface area (Å²) < 4.78 is 0. The summed E-state index contributed by atoms with van der Waals surface area (Å²) in [5, 5.41) is 0. The van der Waals surface area contributed by atoms with Crippen molar-refractivity contribution in [3.8, 4) is 0 Å². The SMILES string of the molecule is [CH2]C1CC2CCC3CCC1C(C3)C2. The molecule has 0 spiro atoms. The van der Waals surface area contributed by atoms with Gasteiger partial charge in [0.25, 0.3) is 0 Å². The number of hydrogen-bond acceptors (Lipinski definition) is 0. The minimum Gasteiger partial charge on any atom is -0.0502 e. The second kappa shape index (κ2) is 3.00. The van der Waals surface area contributed by atoms with Gasteiger partial charge in [0.15, 0.2) is 0 Å². The maximum Gasteiger partial charge on any atom is -0.0357 e. The molecule has 0 heteroatoms. The highest BCUT2D eigenvalue weighted by molar-refractivity contribution is 4.94. The summed E-state index contributed by atoms with van der Waals surface area (Å²) in [5.41, 5.74) is 0. The average molecular weight is 177 g/mol. The van der Waals surface area contributed by atoms with Crippen molar-refractivity contribution in [3.05, 3.63) is 6.92 Å². The molecule has 5 unspecified atom stereocenters. The van der Waals surface area contributed by atoms with Crippen LogP contribution in [0.2, 0.25) is 0 Å². The number of rotatable bonds is 0. The first kappa shape index (κ1) is 8.32. The second-order valence-electron chi connectivity index (χ2n) is 5.78. The Hall–Kier alpha value is 0. The van der Waals surface area contributed by atoms with Gasteiger partial charge in [0.1, 0.15) is 0 Å². The van der Waals surface area contributed by atoms with Crippen LogP contribution in [0, 0.1) is 36.5 Å². The minimum absolute atomic E-state index is 0.808. The lowest BCUT2D eigenvalue weighted by Crippen LogP contribution is -2.33. The standard InChI is InChI=1S/C13H21/c1-9-6-11-3-2-10-4-5-13(9)12(7-10)8-11/h9-13H,1-8H2. The number of fused-ring (bicyclic) bond motifs is 2. The van der Waals surface area contributed by atoms with Gasteiger partial charge in [0.05, 0.1) is 0 Å². The average Bonchev–Trinajstić information content (AvgIpc) is 2.19. The first-order valence-electron chi connectivity index (χ1n) is 6.16. The van der Waals surface area contributed by atoms with E-state index in [-0.39, 0.29) is 0 Å². The van der Waals surface area contributed by atoms with Crippen molar-refractivity contribution in [1.82, 2.24) is 0 Å². The third-order valence-electron chi connectivity index (χ3n) is 5.01. The zero-order chi connectivity index (χ0) is 8.84. The predicted molar refractivity (Wildman–Crippen MR) is 55.1 cm³/mol. The van der Waals surface area contributed by atoms with E-state index in [1.54, 1.807) is 19.3 Å². The molecule has 3 bridgehead atoms. The molecule has 0 aromatic rings. The Morgan fingerprint density at radius 1 is 0.769 bits per heavy atom. The van der Waals surface area contributed by atoms with Crippen LogP contribution in [0.4, 0.5) is 0 Å². The fourth-order valence-corrected chi connectivity index (χ4v) is 4.37. The van der Waals surface area contributed by atoms with Crippen LogP contribution in [0.25, 0.3) is 0 Å². The molecule has 0 heterocycles. The highest BCUT2D eigenvalue weighted by atomic mass is 14.5. The van der Waals surface area contributed by atoms with Gasteiger partial charge in [-0.25, -0.2) is 0 Å². The molecule has 3 aliphatic rings. The molecule has 0 nitrogen and oxygen atoms in total. The van der Waals surface area contributed by atoms with Gasteiger partial charge in [-0.1, -0.05) is 19.3 Å². The molecule has 5 atom stereocenters. The van der Waals surface area contributed by atoms with Crippen LogP contribution in [-0.2, 0) is 0 Å². The predicted octanol–water partition coefficient (Wildman–Crippen LogP) is 3.67. The van der Waals surface area contributed by atoms with Crippen molar-refractivity contribution in [2.45, 2.75) is 44.9 Å². The lowest BCUT2D eigenvalue weighted by molar-refractivity contribution is 0.0892. The molecule has 0 saturated heterocycles. The van der Waals surface area contributed by atoms with Crippen LogP contribution in [0.15, 0.2) is 0 Å². The maximum atomic E-state index is 4.40. The van der Waals surface area contributed by atoms with E-state index in [2.05, 4.69) is 6.92 Å². The third kappa shape index (κ3) is 1.33. The normalized spacial score (nSPS) is 54.7. The lowest BCUT2D eigenvalue weighted by Gasteiger charge is -2.42. The molecular weight excluding hydrogens is 156 g/mol. The molecule has 13 heavy (non-hydrogen) atoms. The van der Waals surface area contributed by atoms with E-state index >= 15 is 0 Å². The van der Waals surface area contributed by atoms with Crippen LogP contribution in [0.5, 0.6) is 0 Å². The molecule has 3 rings (SSSR count). The van der Waals surface area contributed by atoms with E-state index in [9.17, 15) is 0 Å². The fourth-order valence-electron chi connectivity index (χ4n) is 4.37. The first-order chi connectivity index (χ1) is 6.33. The Balaban J connectivity index is 1.87. The Morgan fingerprint density at radius 3 is 2.38 bits per heavy atom. The summed E-state index contributed by atoms with van der Waals surface area (Å²) in [4.78, 5) is 0. The van der Waals surface area contributed by atoms with Crippen LogP contribution >= 0.6 is 0 Å². The van der Waals surface area contributed by atoms with Gasteiger partial charge in [0.2, 0.25) is 0 Å². The van der Waals surface area contributed by atoms with Crippen LogP contribution in [0.1, 0.15) is 44.9 Å². The Kier molecular flexibility index (Phi) is 1.92. The van der Waals surface area contributed by atoms with Crippen molar-refractivity contribution in [2.75, 3.05) is 0 Å². The second-order valence-corrected chi connectivity index (χ2v) is 5.78. The summed E-state index contributed by atoms with van der Waals surface area (Å²) in [5.74, 6) is 5.08. The zero-order valence-corrected chi connectivity index (χ0v) is 8.54. The molecule has 0 N–H and O–H groups in total. The van der Waals surface area contributed by atoms with Gasteiger partial charge in [-0.05, 0) is 62.2 Å². The molecule has 0 aromatic heterocycles. The molecule has 3 fully saturated rings. The Labute approximate surface area is 82.1 Å². The molecule has 3 saturated carbocycles. The van der Waals surface area contributed by atoms with E-state index in [4.69, 9.17) is 0 Å². The molecule has 0 aliphatic heterocycles. The number of hydrogen-bond donors (Lipinski definition) is 0. The maximum absolute atomic E-state index is 4.40. The van der Waals surface area contributed by atoms with Crippen LogP contribution in [-0.4, -0.2) is 0 Å². The quantitative estimate of drug-likeness (QED) is 0.529. The summed E-state index contributed by atoms with van der Waals surface area (Å²) in [6.07, 6.45) is 10.7. The van der Waals surface area contributed by atoms with Crippen molar-refractivity contribution in [2.24, 2.45) is 29.6 Å². The Morgan fingerprint density at radius 2 is 1.46 bits per heavy atom. The topological polar surface area (TPSA) is 0 Å². The fraction of sp³-hybridized carbons (Fsp3) is 0.923. The van der Waals surface area contributed by atoms with Gasteiger partial charge >= 0.3 is 0 Å². The van der Waals surface area contributed by atoms with Crippen molar-refractivity contribution >= 4 is 0 Å². The summed E-state index contributed by atoms with van der Waals surface area (Å²) in [6.45, 7) is 4.40. The van der Waals surface area contributed by atoms with Gasteiger partial charge in [-0.15, -0.1) is 0 Å². The summed E-state index contributed by atoms with van der Waals surface area (Å²) in [6, 6.07) is 0. The van der Waals surface area contributed by atoms with Gasteiger partial charge in [-0.2, -0.15) is 0 Å². The van der Waals surface area contributed by atoms with Crippen molar-refractivity contribution < 1.29 is 0 Å². The third-order valence-corrected chi connectivity index (χ3v) is 5.01. The minimum atomic E-state index is 0.808. The molecular formula is C13H21. The van der Waals surface area contributed by atoms with Crippen molar-refractivity contribution in [3.63, 3.8) is 0 Å². The van der Waals surface area contributed by atoms with E-state index in [0.29, 0.717) is 0 Å². The van der Waals surface area contributed by atoms with Gasteiger partial charge < -0.3 is 0 Å². The van der Waals surface area contributed by atoms with E-state index in [1.165, 1.54) is 25.7 Å². The Bertz CT molecular complexity index is 194. The smallest absolute Gasteiger partial charge is 0.0357 e. The van der Waals surface area contributed by atoms with Gasteiger partial charge in [-0.3, -0.25) is 0 Å².